The Morgan fingerprint density at radius 1 is 0.923 bits per heavy atom. The van der Waals surface area contributed by atoms with Gasteiger partial charge in [-0.05, 0) is 79.8 Å². The van der Waals surface area contributed by atoms with Crippen LogP contribution in [0.3, 0.4) is 0 Å². The molecule has 0 aliphatic heterocycles. The molecule has 6 heteroatoms. The molecule has 2 atom stereocenters. The predicted octanol–water partition coefficient (Wildman–Crippen LogP) is 5.12. The van der Waals surface area contributed by atoms with E-state index >= 15 is 0 Å². The summed E-state index contributed by atoms with van der Waals surface area (Å²) >= 11 is 0. The van der Waals surface area contributed by atoms with Crippen molar-refractivity contribution in [3.05, 3.63) is 82.9 Å². The first-order valence-corrected chi connectivity index (χ1v) is 13.8. The van der Waals surface area contributed by atoms with Crippen molar-refractivity contribution in [3.8, 4) is 11.8 Å². The molecule has 1 aliphatic carbocycles. The molecule has 6 nitrogen and oxygen atoms in total. The third-order valence-corrected chi connectivity index (χ3v) is 7.54. The van der Waals surface area contributed by atoms with Gasteiger partial charge < -0.3 is 19.7 Å². The second-order valence-corrected chi connectivity index (χ2v) is 10.4. The van der Waals surface area contributed by atoms with E-state index < -0.39 is 30.4 Å². The summed E-state index contributed by atoms with van der Waals surface area (Å²) in [5.41, 5.74) is 3.94. The summed E-state index contributed by atoms with van der Waals surface area (Å²) in [6.07, 6.45) is 6.47. The lowest BCUT2D eigenvalue weighted by atomic mass is 9.78. The SMILES string of the molecule is C=C(CO)C(=O)OCC(COC(=O)C(C)CO)c1ccc(C#Cc2ccc(C3CCC(CC)CC3)cc2)cc1. The molecule has 2 aromatic carbocycles. The number of hydrogen-bond acceptors (Lipinski definition) is 6. The van der Waals surface area contributed by atoms with Gasteiger partial charge in [-0.1, -0.05) is 56.0 Å². The van der Waals surface area contributed by atoms with Gasteiger partial charge in [0.2, 0.25) is 0 Å². The number of carbonyl (C=O) groups excluding carboxylic acids is 2. The standard InChI is InChI=1S/C33H40O6/c1-4-25-7-13-28(14-8-25)29-15-9-26(10-16-29)5-6-27-11-17-30(18-12-27)31(21-38-32(36)23(2)19-34)22-39-33(37)24(3)20-35/h9-12,15-18,24-25,28,31,34-35H,2,4,7-8,13-14,19-22H2,1,3H3. The molecular weight excluding hydrogens is 492 g/mol. The fraction of sp³-hybridized carbons (Fsp3) is 0.455. The van der Waals surface area contributed by atoms with E-state index in [-0.39, 0.29) is 25.4 Å². The third kappa shape index (κ3) is 9.09. The fourth-order valence-corrected chi connectivity index (χ4v) is 4.71. The molecule has 0 radical (unpaired) electrons. The van der Waals surface area contributed by atoms with Crippen molar-refractivity contribution >= 4 is 11.9 Å². The molecule has 39 heavy (non-hydrogen) atoms. The molecule has 2 aromatic rings. The third-order valence-electron chi connectivity index (χ3n) is 7.54. The Labute approximate surface area is 232 Å². The average Bonchev–Trinajstić information content (AvgIpc) is 2.99. The van der Waals surface area contributed by atoms with Gasteiger partial charge in [-0.15, -0.1) is 0 Å². The van der Waals surface area contributed by atoms with E-state index in [1.807, 2.05) is 24.3 Å². The zero-order valence-corrected chi connectivity index (χ0v) is 23.0. The Hall–Kier alpha value is -3.40. The first kappa shape index (κ1) is 30.1. The van der Waals surface area contributed by atoms with Crippen molar-refractivity contribution in [2.24, 2.45) is 11.8 Å². The molecule has 0 amide bonds. The van der Waals surface area contributed by atoms with Crippen LogP contribution in [-0.4, -0.2) is 48.6 Å². The minimum atomic E-state index is -0.709. The van der Waals surface area contributed by atoms with Crippen LogP contribution in [0.5, 0.6) is 0 Å². The number of esters is 2. The normalized spacial score (nSPS) is 18.3. The molecular formula is C33H40O6. The second kappa shape index (κ2) is 15.3. The molecule has 0 spiro atoms. The van der Waals surface area contributed by atoms with Crippen LogP contribution in [0.25, 0.3) is 0 Å². The molecule has 2 unspecified atom stereocenters. The van der Waals surface area contributed by atoms with Gasteiger partial charge in [-0.25, -0.2) is 4.79 Å². The lowest BCUT2D eigenvalue weighted by Crippen LogP contribution is -2.24. The number of benzene rings is 2. The summed E-state index contributed by atoms with van der Waals surface area (Å²) in [5, 5.41) is 18.3. The maximum absolute atomic E-state index is 12.1. The number of ether oxygens (including phenoxy) is 2. The Balaban J connectivity index is 1.64. The van der Waals surface area contributed by atoms with E-state index in [1.54, 1.807) is 6.92 Å². The molecule has 0 heterocycles. The largest absolute Gasteiger partial charge is 0.465 e. The molecule has 1 fully saturated rings. The van der Waals surface area contributed by atoms with E-state index in [9.17, 15) is 14.7 Å². The van der Waals surface area contributed by atoms with E-state index in [1.165, 1.54) is 37.7 Å². The van der Waals surface area contributed by atoms with Gasteiger partial charge in [0.05, 0.1) is 30.6 Å². The molecule has 1 aliphatic rings. The smallest absolute Gasteiger partial charge is 0.335 e. The predicted molar refractivity (Wildman–Crippen MR) is 151 cm³/mol. The maximum atomic E-state index is 12.1. The molecule has 0 aromatic heterocycles. The summed E-state index contributed by atoms with van der Waals surface area (Å²) in [6, 6.07) is 16.1. The van der Waals surface area contributed by atoms with Crippen LogP contribution in [0.15, 0.2) is 60.7 Å². The summed E-state index contributed by atoms with van der Waals surface area (Å²) in [6.45, 7) is 6.43. The van der Waals surface area contributed by atoms with Gasteiger partial charge in [0.25, 0.3) is 0 Å². The quantitative estimate of drug-likeness (QED) is 0.237. The highest BCUT2D eigenvalue weighted by molar-refractivity contribution is 5.87. The van der Waals surface area contributed by atoms with E-state index in [4.69, 9.17) is 14.6 Å². The van der Waals surface area contributed by atoms with Gasteiger partial charge in [-0.3, -0.25) is 4.79 Å². The topological polar surface area (TPSA) is 93.1 Å². The number of aliphatic hydroxyl groups excluding tert-OH is 2. The molecule has 0 saturated heterocycles. The zero-order valence-electron chi connectivity index (χ0n) is 23.0. The minimum absolute atomic E-state index is 0.0283. The first-order chi connectivity index (χ1) is 18.8. The Morgan fingerprint density at radius 2 is 1.49 bits per heavy atom. The second-order valence-electron chi connectivity index (χ2n) is 10.4. The van der Waals surface area contributed by atoms with Gasteiger partial charge in [0, 0.05) is 11.1 Å². The van der Waals surface area contributed by atoms with Crippen molar-refractivity contribution in [1.29, 1.82) is 0 Å². The first-order valence-electron chi connectivity index (χ1n) is 13.8. The van der Waals surface area contributed by atoms with Crippen LogP contribution >= 0.6 is 0 Å². The van der Waals surface area contributed by atoms with Crippen LogP contribution in [0.4, 0.5) is 0 Å². The zero-order chi connectivity index (χ0) is 28.2. The lowest BCUT2D eigenvalue weighted by Gasteiger charge is -2.28. The van der Waals surface area contributed by atoms with Gasteiger partial charge in [0.1, 0.15) is 13.2 Å². The number of hydrogen-bond donors (Lipinski definition) is 2. The van der Waals surface area contributed by atoms with Crippen molar-refractivity contribution in [2.45, 2.75) is 57.8 Å². The van der Waals surface area contributed by atoms with E-state index in [0.717, 1.165) is 22.6 Å². The Kier molecular flexibility index (Phi) is 11.8. The van der Waals surface area contributed by atoms with E-state index in [2.05, 4.69) is 49.6 Å². The van der Waals surface area contributed by atoms with Crippen LogP contribution in [-0.2, 0) is 19.1 Å². The summed E-state index contributed by atoms with van der Waals surface area (Å²) in [4.78, 5) is 24.0. The maximum Gasteiger partial charge on any atom is 0.335 e. The number of rotatable bonds is 11. The average molecular weight is 533 g/mol. The summed E-state index contributed by atoms with van der Waals surface area (Å²) in [7, 11) is 0. The Morgan fingerprint density at radius 3 is 2.03 bits per heavy atom. The highest BCUT2D eigenvalue weighted by atomic mass is 16.5. The van der Waals surface area contributed by atoms with Gasteiger partial charge >= 0.3 is 11.9 Å². The lowest BCUT2D eigenvalue weighted by molar-refractivity contribution is -0.150. The highest BCUT2D eigenvalue weighted by Gasteiger charge is 2.22. The molecule has 2 N–H and O–H groups in total. The fourth-order valence-electron chi connectivity index (χ4n) is 4.71. The van der Waals surface area contributed by atoms with Crippen LogP contribution in [0.2, 0.25) is 0 Å². The molecule has 3 rings (SSSR count). The van der Waals surface area contributed by atoms with Crippen LogP contribution in [0, 0.1) is 23.7 Å². The number of carbonyl (C=O) groups is 2. The highest BCUT2D eigenvalue weighted by Crippen LogP contribution is 2.36. The van der Waals surface area contributed by atoms with Gasteiger partial charge in [-0.2, -0.15) is 0 Å². The monoisotopic (exact) mass is 532 g/mol. The van der Waals surface area contributed by atoms with Crippen LogP contribution < -0.4 is 0 Å². The molecule has 208 valence electrons. The Bertz CT molecular complexity index is 1150. The van der Waals surface area contributed by atoms with Gasteiger partial charge in [0.15, 0.2) is 0 Å². The molecule has 1 saturated carbocycles. The van der Waals surface area contributed by atoms with Crippen molar-refractivity contribution in [2.75, 3.05) is 26.4 Å². The summed E-state index contributed by atoms with van der Waals surface area (Å²) < 4.78 is 10.6. The van der Waals surface area contributed by atoms with E-state index in [0.29, 0.717) is 5.92 Å². The van der Waals surface area contributed by atoms with Crippen molar-refractivity contribution in [1.82, 2.24) is 0 Å². The number of aliphatic hydroxyl groups is 2. The summed E-state index contributed by atoms with van der Waals surface area (Å²) in [5.74, 6) is 5.65. The minimum Gasteiger partial charge on any atom is -0.465 e. The molecule has 0 bridgehead atoms. The van der Waals surface area contributed by atoms with Crippen molar-refractivity contribution < 1.29 is 29.3 Å². The van der Waals surface area contributed by atoms with Crippen molar-refractivity contribution in [3.63, 3.8) is 0 Å². The van der Waals surface area contributed by atoms with Crippen LogP contribution in [0.1, 0.15) is 80.0 Å².